The average molecular weight is 225 g/mol. The number of rotatable bonds is 2. The maximum absolute atomic E-state index is 9.00. The van der Waals surface area contributed by atoms with Crippen LogP contribution in [0.15, 0.2) is 5.16 Å². The van der Waals surface area contributed by atoms with E-state index in [-0.39, 0.29) is 0 Å². The van der Waals surface area contributed by atoms with E-state index in [9.17, 15) is 0 Å². The standard InChI is InChI=1S/C12H23N3O/c1-10-4-2-3-7-15(10)9-11-8-13-6-5-12(11)14-16/h10-11,13,16H,2-9H2,1H3/t10-,11+/m1/s1. The Morgan fingerprint density at radius 3 is 3.12 bits per heavy atom. The highest BCUT2D eigenvalue weighted by Crippen LogP contribution is 2.19. The van der Waals surface area contributed by atoms with Gasteiger partial charge in [0.1, 0.15) is 0 Å². The molecular weight excluding hydrogens is 202 g/mol. The molecule has 2 heterocycles. The summed E-state index contributed by atoms with van der Waals surface area (Å²) < 4.78 is 0. The predicted molar refractivity (Wildman–Crippen MR) is 65.1 cm³/mol. The fourth-order valence-electron chi connectivity index (χ4n) is 2.83. The molecule has 0 aromatic heterocycles. The molecule has 0 aliphatic carbocycles. The summed E-state index contributed by atoms with van der Waals surface area (Å²) in [7, 11) is 0. The summed E-state index contributed by atoms with van der Waals surface area (Å²) in [6.07, 6.45) is 4.88. The molecule has 0 saturated carbocycles. The summed E-state index contributed by atoms with van der Waals surface area (Å²) in [6, 6.07) is 0.690. The topological polar surface area (TPSA) is 47.9 Å². The van der Waals surface area contributed by atoms with Gasteiger partial charge in [-0.15, -0.1) is 0 Å². The number of nitrogens with one attached hydrogen (secondary N) is 1. The van der Waals surface area contributed by atoms with E-state index < -0.39 is 0 Å². The first-order valence-electron chi connectivity index (χ1n) is 6.47. The molecule has 2 fully saturated rings. The van der Waals surface area contributed by atoms with Crippen LogP contribution in [0.2, 0.25) is 0 Å². The van der Waals surface area contributed by atoms with Crippen molar-refractivity contribution in [2.75, 3.05) is 26.2 Å². The lowest BCUT2D eigenvalue weighted by Crippen LogP contribution is -2.47. The molecule has 2 rings (SSSR count). The second kappa shape index (κ2) is 5.64. The highest BCUT2D eigenvalue weighted by Gasteiger charge is 2.26. The summed E-state index contributed by atoms with van der Waals surface area (Å²) in [6.45, 7) is 6.48. The Bertz CT molecular complexity index is 255. The lowest BCUT2D eigenvalue weighted by molar-refractivity contribution is 0.145. The van der Waals surface area contributed by atoms with Gasteiger partial charge in [-0.3, -0.25) is 4.90 Å². The van der Waals surface area contributed by atoms with Gasteiger partial charge in [-0.2, -0.15) is 0 Å². The first kappa shape index (κ1) is 11.9. The van der Waals surface area contributed by atoms with Crippen molar-refractivity contribution in [3.63, 3.8) is 0 Å². The van der Waals surface area contributed by atoms with Crippen molar-refractivity contribution in [1.82, 2.24) is 10.2 Å². The molecule has 0 unspecified atom stereocenters. The molecular formula is C12H23N3O. The minimum Gasteiger partial charge on any atom is -0.411 e. The number of hydrogen-bond donors (Lipinski definition) is 2. The Labute approximate surface area is 97.7 Å². The molecule has 92 valence electrons. The van der Waals surface area contributed by atoms with Gasteiger partial charge in [0.15, 0.2) is 0 Å². The van der Waals surface area contributed by atoms with Crippen molar-refractivity contribution in [3.8, 4) is 0 Å². The SMILES string of the molecule is C[C@@H]1CCCCN1C[C@@H]1CNCCC1=NO. The smallest absolute Gasteiger partial charge is 0.0639 e. The Morgan fingerprint density at radius 1 is 1.50 bits per heavy atom. The van der Waals surface area contributed by atoms with E-state index in [1.165, 1.54) is 25.8 Å². The van der Waals surface area contributed by atoms with Crippen LogP contribution in [0.4, 0.5) is 0 Å². The van der Waals surface area contributed by atoms with Crippen molar-refractivity contribution >= 4 is 5.71 Å². The third-order valence-electron chi connectivity index (χ3n) is 3.94. The summed E-state index contributed by atoms with van der Waals surface area (Å²) in [5, 5.41) is 15.9. The van der Waals surface area contributed by atoms with E-state index in [4.69, 9.17) is 5.21 Å². The van der Waals surface area contributed by atoms with Gasteiger partial charge in [-0.25, -0.2) is 0 Å². The third kappa shape index (κ3) is 2.74. The van der Waals surface area contributed by atoms with Crippen molar-refractivity contribution in [2.45, 2.75) is 38.6 Å². The number of likely N-dealkylation sites (tertiary alicyclic amines) is 1. The minimum atomic E-state index is 0.402. The molecule has 0 aromatic rings. The first-order chi connectivity index (χ1) is 7.81. The lowest BCUT2D eigenvalue weighted by atomic mass is 9.94. The molecule has 16 heavy (non-hydrogen) atoms. The van der Waals surface area contributed by atoms with E-state index in [1.807, 2.05) is 0 Å². The summed E-state index contributed by atoms with van der Waals surface area (Å²) in [5.41, 5.74) is 0.983. The van der Waals surface area contributed by atoms with Gasteiger partial charge in [0, 0.05) is 38.0 Å². The van der Waals surface area contributed by atoms with E-state index in [2.05, 4.69) is 22.3 Å². The van der Waals surface area contributed by atoms with Gasteiger partial charge >= 0.3 is 0 Å². The van der Waals surface area contributed by atoms with E-state index in [0.717, 1.165) is 31.8 Å². The van der Waals surface area contributed by atoms with Gasteiger partial charge in [-0.05, 0) is 26.3 Å². The molecule has 2 aliphatic heterocycles. The summed E-state index contributed by atoms with van der Waals surface area (Å²) in [4.78, 5) is 2.55. The van der Waals surface area contributed by atoms with Crippen LogP contribution in [0.25, 0.3) is 0 Å². The quantitative estimate of drug-likeness (QED) is 0.550. The first-order valence-corrected chi connectivity index (χ1v) is 6.47. The lowest BCUT2D eigenvalue weighted by Gasteiger charge is -2.37. The molecule has 2 saturated heterocycles. The largest absolute Gasteiger partial charge is 0.411 e. The predicted octanol–water partition coefficient (Wildman–Crippen LogP) is 1.30. The number of nitrogens with zero attached hydrogens (tertiary/aromatic N) is 2. The van der Waals surface area contributed by atoms with Crippen LogP contribution in [-0.4, -0.2) is 48.0 Å². The zero-order chi connectivity index (χ0) is 11.4. The average Bonchev–Trinajstić information content (AvgIpc) is 2.33. The normalized spacial score (nSPS) is 35.4. The van der Waals surface area contributed by atoms with Gasteiger partial charge in [0.2, 0.25) is 0 Å². The maximum Gasteiger partial charge on any atom is 0.0639 e. The zero-order valence-electron chi connectivity index (χ0n) is 10.2. The molecule has 0 aromatic carbocycles. The molecule has 4 nitrogen and oxygen atoms in total. The van der Waals surface area contributed by atoms with Crippen LogP contribution in [-0.2, 0) is 0 Å². The monoisotopic (exact) mass is 225 g/mol. The van der Waals surface area contributed by atoms with Gasteiger partial charge in [-0.1, -0.05) is 11.6 Å². The van der Waals surface area contributed by atoms with Crippen LogP contribution >= 0.6 is 0 Å². The molecule has 0 bridgehead atoms. The molecule has 0 spiro atoms. The van der Waals surface area contributed by atoms with Crippen molar-refractivity contribution in [3.05, 3.63) is 0 Å². The van der Waals surface area contributed by atoms with Crippen molar-refractivity contribution in [2.24, 2.45) is 11.1 Å². The van der Waals surface area contributed by atoms with E-state index >= 15 is 0 Å². The maximum atomic E-state index is 9.00. The highest BCUT2D eigenvalue weighted by molar-refractivity contribution is 5.87. The Balaban J connectivity index is 1.91. The van der Waals surface area contributed by atoms with E-state index in [0.29, 0.717) is 12.0 Å². The molecule has 0 amide bonds. The molecule has 4 heteroatoms. The fraction of sp³-hybridized carbons (Fsp3) is 0.917. The van der Waals surface area contributed by atoms with Crippen LogP contribution in [0.5, 0.6) is 0 Å². The second-order valence-corrected chi connectivity index (χ2v) is 5.08. The van der Waals surface area contributed by atoms with Crippen molar-refractivity contribution < 1.29 is 5.21 Å². The van der Waals surface area contributed by atoms with E-state index in [1.54, 1.807) is 0 Å². The van der Waals surface area contributed by atoms with Crippen LogP contribution in [0, 0.1) is 5.92 Å². The Kier molecular flexibility index (Phi) is 4.18. The number of hydrogen-bond acceptors (Lipinski definition) is 4. The molecule has 2 aliphatic rings. The molecule has 0 radical (unpaired) electrons. The van der Waals surface area contributed by atoms with Crippen LogP contribution in [0.3, 0.4) is 0 Å². The Morgan fingerprint density at radius 2 is 2.38 bits per heavy atom. The summed E-state index contributed by atoms with van der Waals surface area (Å²) >= 11 is 0. The number of piperidine rings is 2. The zero-order valence-corrected chi connectivity index (χ0v) is 10.2. The van der Waals surface area contributed by atoms with Crippen molar-refractivity contribution in [1.29, 1.82) is 0 Å². The van der Waals surface area contributed by atoms with Gasteiger partial charge in [0.25, 0.3) is 0 Å². The summed E-state index contributed by atoms with van der Waals surface area (Å²) in [5.74, 6) is 0.402. The van der Waals surface area contributed by atoms with Gasteiger partial charge < -0.3 is 10.5 Å². The van der Waals surface area contributed by atoms with Crippen LogP contribution in [0.1, 0.15) is 32.6 Å². The molecule has 2 N–H and O–H groups in total. The number of oxime groups is 1. The van der Waals surface area contributed by atoms with Crippen LogP contribution < -0.4 is 5.32 Å². The van der Waals surface area contributed by atoms with Gasteiger partial charge in [0.05, 0.1) is 5.71 Å². The third-order valence-corrected chi connectivity index (χ3v) is 3.94. The fourth-order valence-corrected chi connectivity index (χ4v) is 2.83. The minimum absolute atomic E-state index is 0.402. The second-order valence-electron chi connectivity index (χ2n) is 5.08. The Hall–Kier alpha value is -0.610. The molecule has 2 atom stereocenters. The highest BCUT2D eigenvalue weighted by atomic mass is 16.4.